The Hall–Kier alpha value is -2.48. The Morgan fingerprint density at radius 2 is 1.92 bits per heavy atom. The summed E-state index contributed by atoms with van der Waals surface area (Å²) < 4.78 is 33.0. The Kier molecular flexibility index (Phi) is 6.08. The number of rotatable bonds is 6. The number of amides is 1. The summed E-state index contributed by atoms with van der Waals surface area (Å²) in [6.45, 7) is 0.799. The monoisotopic (exact) mass is 413 g/mol. The van der Waals surface area contributed by atoms with Crippen LogP contribution < -0.4 is 10.1 Å². The Morgan fingerprint density at radius 3 is 2.56 bits per heavy atom. The molecular formula is C17H14BrF2NO4. The second-order valence-electron chi connectivity index (χ2n) is 5.24. The molecule has 0 unspecified atom stereocenters. The van der Waals surface area contributed by atoms with Gasteiger partial charge >= 0.3 is 5.97 Å². The second-order valence-corrected chi connectivity index (χ2v) is 6.16. The molecule has 0 saturated heterocycles. The van der Waals surface area contributed by atoms with E-state index in [1.165, 1.54) is 25.1 Å². The summed E-state index contributed by atoms with van der Waals surface area (Å²) in [6.07, 6.45) is -0.242. The molecule has 25 heavy (non-hydrogen) atoms. The molecule has 0 aliphatic heterocycles. The van der Waals surface area contributed by atoms with Crippen LogP contribution in [-0.2, 0) is 16.0 Å². The van der Waals surface area contributed by atoms with Gasteiger partial charge in [-0.15, -0.1) is 0 Å². The van der Waals surface area contributed by atoms with Crippen LogP contribution >= 0.6 is 15.9 Å². The van der Waals surface area contributed by atoms with Gasteiger partial charge in [-0.2, -0.15) is 0 Å². The first kappa shape index (κ1) is 18.9. The summed E-state index contributed by atoms with van der Waals surface area (Å²) in [5.41, 5.74) is 0.544. The largest absolute Gasteiger partial charge is 0.480 e. The van der Waals surface area contributed by atoms with Crippen LogP contribution in [0.1, 0.15) is 11.1 Å². The van der Waals surface area contributed by atoms with Gasteiger partial charge in [0.25, 0.3) is 0 Å². The molecule has 1 amide bonds. The summed E-state index contributed by atoms with van der Waals surface area (Å²) in [7, 11) is 0. The first-order chi connectivity index (χ1) is 11.8. The quantitative estimate of drug-likeness (QED) is 0.757. The van der Waals surface area contributed by atoms with Crippen molar-refractivity contribution < 1.29 is 28.2 Å². The predicted octanol–water partition coefficient (Wildman–Crippen LogP) is 3.68. The van der Waals surface area contributed by atoms with Gasteiger partial charge in [0.2, 0.25) is 5.91 Å². The van der Waals surface area contributed by atoms with Gasteiger partial charge in [0, 0.05) is 10.5 Å². The summed E-state index contributed by atoms with van der Waals surface area (Å²) in [5.74, 6) is -3.04. The molecule has 0 atom stereocenters. The smallest absolute Gasteiger partial charge is 0.341 e. The number of aryl methyl sites for hydroxylation is 1. The second kappa shape index (κ2) is 8.06. The zero-order chi connectivity index (χ0) is 18.6. The molecule has 0 bridgehead atoms. The van der Waals surface area contributed by atoms with Crippen molar-refractivity contribution in [2.24, 2.45) is 0 Å². The van der Waals surface area contributed by atoms with E-state index in [1.807, 2.05) is 0 Å². The molecule has 0 aromatic heterocycles. The highest BCUT2D eigenvalue weighted by Gasteiger charge is 2.15. The van der Waals surface area contributed by atoms with Crippen molar-refractivity contribution in [3.63, 3.8) is 0 Å². The third-order valence-electron chi connectivity index (χ3n) is 3.25. The zero-order valence-electron chi connectivity index (χ0n) is 13.1. The fraction of sp³-hybridized carbons (Fsp3) is 0.176. The minimum Gasteiger partial charge on any atom is -0.480 e. The third-order valence-corrected chi connectivity index (χ3v) is 3.75. The lowest BCUT2D eigenvalue weighted by Crippen LogP contribution is -2.17. The highest BCUT2D eigenvalue weighted by atomic mass is 79.9. The van der Waals surface area contributed by atoms with Crippen molar-refractivity contribution in [3.05, 3.63) is 57.6 Å². The first-order valence-electron chi connectivity index (χ1n) is 7.14. The maximum atomic E-state index is 13.8. The number of carboxylic acids is 1. The molecule has 8 heteroatoms. The number of nitrogens with one attached hydrogen (secondary N) is 1. The van der Waals surface area contributed by atoms with Crippen molar-refractivity contribution in [3.8, 4) is 5.75 Å². The lowest BCUT2D eigenvalue weighted by atomic mass is 10.1. The van der Waals surface area contributed by atoms with E-state index in [1.54, 1.807) is 6.07 Å². The molecule has 5 nitrogen and oxygen atoms in total. The molecule has 2 aromatic rings. The van der Waals surface area contributed by atoms with E-state index in [-0.39, 0.29) is 29.0 Å². The van der Waals surface area contributed by atoms with Gasteiger partial charge in [0.05, 0.1) is 12.1 Å². The molecular weight excluding hydrogens is 400 g/mol. The number of anilines is 1. The molecule has 132 valence electrons. The summed E-state index contributed by atoms with van der Waals surface area (Å²) >= 11 is 3.13. The van der Waals surface area contributed by atoms with E-state index in [9.17, 15) is 18.4 Å². The topological polar surface area (TPSA) is 75.6 Å². The van der Waals surface area contributed by atoms with Crippen molar-refractivity contribution in [1.82, 2.24) is 0 Å². The molecule has 0 aliphatic rings. The van der Waals surface area contributed by atoms with Crippen molar-refractivity contribution >= 4 is 33.5 Å². The fourth-order valence-electron chi connectivity index (χ4n) is 2.05. The summed E-state index contributed by atoms with van der Waals surface area (Å²) in [6, 6.07) is 6.63. The number of aliphatic carboxylic acids is 1. The molecule has 0 aliphatic carbocycles. The van der Waals surface area contributed by atoms with Crippen molar-refractivity contribution in [2.75, 3.05) is 11.9 Å². The molecule has 0 spiro atoms. The average Bonchev–Trinajstić information content (AvgIpc) is 2.52. The first-order valence-corrected chi connectivity index (χ1v) is 7.94. The highest BCUT2D eigenvalue weighted by molar-refractivity contribution is 9.10. The minimum atomic E-state index is -1.24. The van der Waals surface area contributed by atoms with Gasteiger partial charge in [-0.25, -0.2) is 13.6 Å². The van der Waals surface area contributed by atoms with Gasteiger partial charge in [0.15, 0.2) is 6.61 Å². The van der Waals surface area contributed by atoms with Gasteiger partial charge in [0.1, 0.15) is 17.4 Å². The molecule has 0 radical (unpaired) electrons. The van der Waals surface area contributed by atoms with Crippen LogP contribution in [0.3, 0.4) is 0 Å². The molecule has 0 heterocycles. The maximum Gasteiger partial charge on any atom is 0.341 e. The van der Waals surface area contributed by atoms with Crippen LogP contribution in [0.4, 0.5) is 14.5 Å². The highest BCUT2D eigenvalue weighted by Crippen LogP contribution is 2.28. The maximum absolute atomic E-state index is 13.8. The van der Waals surface area contributed by atoms with Crippen LogP contribution in [0, 0.1) is 18.6 Å². The number of benzene rings is 2. The lowest BCUT2D eigenvalue weighted by Gasteiger charge is -2.13. The number of halogens is 3. The molecule has 2 rings (SSSR count). The summed E-state index contributed by atoms with van der Waals surface area (Å²) in [5, 5.41) is 11.2. The van der Waals surface area contributed by atoms with E-state index < -0.39 is 30.1 Å². The van der Waals surface area contributed by atoms with Crippen molar-refractivity contribution in [1.29, 1.82) is 0 Å². The van der Waals surface area contributed by atoms with E-state index in [2.05, 4.69) is 21.2 Å². The van der Waals surface area contributed by atoms with Crippen LogP contribution in [0.15, 0.2) is 34.8 Å². The van der Waals surface area contributed by atoms with Crippen LogP contribution in [0.25, 0.3) is 0 Å². The van der Waals surface area contributed by atoms with E-state index >= 15 is 0 Å². The van der Waals surface area contributed by atoms with Gasteiger partial charge < -0.3 is 15.2 Å². The molecule has 2 N–H and O–H groups in total. The predicted molar refractivity (Wildman–Crippen MR) is 90.7 cm³/mol. The van der Waals surface area contributed by atoms with Crippen LogP contribution in [0.5, 0.6) is 5.75 Å². The van der Waals surface area contributed by atoms with E-state index in [0.717, 1.165) is 6.07 Å². The molecule has 0 fully saturated rings. The SMILES string of the molecule is Cc1cc(NC(=O)Cc2ccc(Br)cc2F)c(OCC(=O)O)cc1F. The number of hydrogen-bond acceptors (Lipinski definition) is 3. The number of carbonyl (C=O) groups excluding carboxylic acids is 1. The van der Waals surface area contributed by atoms with Gasteiger partial charge in [-0.05, 0) is 36.2 Å². The minimum absolute atomic E-state index is 0.114. The number of hydrogen-bond donors (Lipinski definition) is 2. The van der Waals surface area contributed by atoms with Crippen molar-refractivity contribution in [2.45, 2.75) is 13.3 Å². The Bertz CT molecular complexity index is 827. The Labute approximate surface area is 150 Å². The molecule has 2 aromatic carbocycles. The van der Waals surface area contributed by atoms with Crippen LogP contribution in [-0.4, -0.2) is 23.6 Å². The van der Waals surface area contributed by atoms with Crippen LogP contribution in [0.2, 0.25) is 0 Å². The fourth-order valence-corrected chi connectivity index (χ4v) is 2.39. The lowest BCUT2D eigenvalue weighted by molar-refractivity contribution is -0.139. The normalized spacial score (nSPS) is 10.4. The van der Waals surface area contributed by atoms with Gasteiger partial charge in [-0.3, -0.25) is 4.79 Å². The average molecular weight is 414 g/mol. The number of ether oxygens (including phenoxy) is 1. The number of carbonyl (C=O) groups is 2. The van der Waals surface area contributed by atoms with E-state index in [0.29, 0.717) is 4.47 Å². The Morgan fingerprint density at radius 1 is 1.20 bits per heavy atom. The Balaban J connectivity index is 2.18. The summed E-state index contributed by atoms with van der Waals surface area (Å²) in [4.78, 5) is 22.8. The third kappa shape index (κ3) is 5.25. The molecule has 0 saturated carbocycles. The number of carboxylic acid groups (broad SMARTS) is 1. The standard InChI is InChI=1S/C17H14BrF2NO4/c1-9-4-14(15(7-12(9)19)25-8-17(23)24)21-16(22)5-10-2-3-11(18)6-13(10)20/h2-4,6-7H,5,8H2,1H3,(H,21,22)(H,23,24). The van der Waals surface area contributed by atoms with E-state index in [4.69, 9.17) is 9.84 Å². The van der Waals surface area contributed by atoms with Gasteiger partial charge in [-0.1, -0.05) is 22.0 Å². The zero-order valence-corrected chi connectivity index (χ0v) is 14.7.